The van der Waals surface area contributed by atoms with Crippen molar-refractivity contribution in [2.45, 2.75) is 38.5 Å². The number of ether oxygens (including phenoxy) is 2. The SMILES string of the molecule is C=CC(/C=C\C(F)=C/C)n1ncc2cc(O[C@H](c3ccc4c(c3)OCC4)[C@H](C)N)ccc21. The van der Waals surface area contributed by atoms with Crippen LogP contribution in [0.2, 0.25) is 0 Å². The van der Waals surface area contributed by atoms with Crippen LogP contribution >= 0.6 is 0 Å². The number of aromatic nitrogens is 2. The van der Waals surface area contributed by atoms with Crippen LogP contribution in [0.3, 0.4) is 0 Å². The van der Waals surface area contributed by atoms with Crippen LogP contribution in [-0.4, -0.2) is 22.4 Å². The van der Waals surface area contributed by atoms with Crippen molar-refractivity contribution in [1.82, 2.24) is 9.78 Å². The van der Waals surface area contributed by atoms with Crippen LogP contribution in [0.15, 0.2) is 79.3 Å². The Hall–Kier alpha value is -3.38. The zero-order chi connectivity index (χ0) is 22.7. The molecule has 3 atom stereocenters. The van der Waals surface area contributed by atoms with Crippen LogP contribution < -0.4 is 15.2 Å². The molecule has 32 heavy (non-hydrogen) atoms. The lowest BCUT2D eigenvalue weighted by Crippen LogP contribution is -2.29. The van der Waals surface area contributed by atoms with Gasteiger partial charge in [0.25, 0.3) is 0 Å². The van der Waals surface area contributed by atoms with E-state index in [0.29, 0.717) is 12.4 Å². The maximum absolute atomic E-state index is 13.5. The molecule has 1 aliphatic rings. The first-order valence-corrected chi connectivity index (χ1v) is 10.8. The number of allylic oxidation sites excluding steroid dienone is 5. The number of benzene rings is 2. The van der Waals surface area contributed by atoms with Crippen molar-refractivity contribution in [2.24, 2.45) is 5.73 Å². The minimum atomic E-state index is -0.315. The number of nitrogens with zero attached hydrogens (tertiary/aromatic N) is 2. The van der Waals surface area contributed by atoms with Crippen LogP contribution in [0.5, 0.6) is 11.5 Å². The molecule has 2 aromatic carbocycles. The minimum Gasteiger partial charge on any atom is -0.493 e. The maximum atomic E-state index is 13.5. The van der Waals surface area contributed by atoms with E-state index in [4.69, 9.17) is 15.2 Å². The molecule has 0 aliphatic carbocycles. The second-order valence-electron chi connectivity index (χ2n) is 7.93. The van der Waals surface area contributed by atoms with Crippen molar-refractivity contribution in [3.63, 3.8) is 0 Å². The highest BCUT2D eigenvalue weighted by atomic mass is 19.1. The molecule has 2 N–H and O–H groups in total. The Morgan fingerprint density at radius 3 is 2.91 bits per heavy atom. The summed E-state index contributed by atoms with van der Waals surface area (Å²) in [5, 5.41) is 5.39. The fourth-order valence-corrected chi connectivity index (χ4v) is 3.87. The second kappa shape index (κ2) is 9.40. The third-order valence-electron chi connectivity index (χ3n) is 5.61. The van der Waals surface area contributed by atoms with E-state index in [1.165, 1.54) is 17.7 Å². The van der Waals surface area contributed by atoms with E-state index in [9.17, 15) is 4.39 Å². The van der Waals surface area contributed by atoms with Gasteiger partial charge in [-0.25, -0.2) is 4.39 Å². The highest BCUT2D eigenvalue weighted by Crippen LogP contribution is 2.33. The zero-order valence-electron chi connectivity index (χ0n) is 18.4. The topological polar surface area (TPSA) is 62.3 Å². The molecule has 0 saturated carbocycles. The van der Waals surface area contributed by atoms with Crippen LogP contribution in [-0.2, 0) is 6.42 Å². The average molecular weight is 434 g/mol. The number of hydrogen-bond donors (Lipinski definition) is 1. The molecule has 0 spiro atoms. The molecule has 4 rings (SSSR count). The molecule has 166 valence electrons. The number of nitrogens with two attached hydrogens (primary N) is 1. The van der Waals surface area contributed by atoms with E-state index in [1.54, 1.807) is 30.0 Å². The van der Waals surface area contributed by atoms with Crippen LogP contribution in [0.1, 0.15) is 37.1 Å². The van der Waals surface area contributed by atoms with E-state index in [2.05, 4.69) is 23.8 Å². The van der Waals surface area contributed by atoms with Crippen LogP contribution in [0.25, 0.3) is 10.9 Å². The Morgan fingerprint density at radius 2 is 2.16 bits per heavy atom. The summed E-state index contributed by atoms with van der Waals surface area (Å²) in [7, 11) is 0. The maximum Gasteiger partial charge on any atom is 0.139 e. The zero-order valence-corrected chi connectivity index (χ0v) is 18.4. The number of halogens is 1. The Labute approximate surface area is 187 Å². The van der Waals surface area contributed by atoms with Gasteiger partial charge in [-0.1, -0.05) is 30.4 Å². The largest absolute Gasteiger partial charge is 0.493 e. The molecule has 1 aliphatic heterocycles. The fourth-order valence-electron chi connectivity index (χ4n) is 3.87. The number of hydrogen-bond acceptors (Lipinski definition) is 4. The predicted octanol–water partition coefficient (Wildman–Crippen LogP) is 5.60. The van der Waals surface area contributed by atoms with Gasteiger partial charge in [0.1, 0.15) is 23.4 Å². The lowest BCUT2D eigenvalue weighted by atomic mass is 10.0. The highest BCUT2D eigenvalue weighted by molar-refractivity contribution is 5.80. The predicted molar refractivity (Wildman–Crippen MR) is 126 cm³/mol. The summed E-state index contributed by atoms with van der Waals surface area (Å²) >= 11 is 0. The first-order chi connectivity index (χ1) is 15.5. The third-order valence-corrected chi connectivity index (χ3v) is 5.61. The molecule has 6 heteroatoms. The van der Waals surface area contributed by atoms with E-state index >= 15 is 0 Å². The van der Waals surface area contributed by atoms with Crippen molar-refractivity contribution in [1.29, 1.82) is 0 Å². The molecule has 0 saturated heterocycles. The fraction of sp³-hybridized carbons (Fsp3) is 0.269. The van der Waals surface area contributed by atoms with Gasteiger partial charge in [-0.05, 0) is 55.3 Å². The van der Waals surface area contributed by atoms with Crippen molar-refractivity contribution in [2.75, 3.05) is 6.61 Å². The number of rotatable bonds is 8. The van der Waals surface area contributed by atoms with Gasteiger partial charge in [0, 0.05) is 17.8 Å². The van der Waals surface area contributed by atoms with Gasteiger partial charge in [-0.15, -0.1) is 6.58 Å². The normalized spacial score (nSPS) is 16.6. The Morgan fingerprint density at radius 1 is 1.31 bits per heavy atom. The molecule has 5 nitrogen and oxygen atoms in total. The smallest absolute Gasteiger partial charge is 0.139 e. The summed E-state index contributed by atoms with van der Waals surface area (Å²) < 4.78 is 27.3. The van der Waals surface area contributed by atoms with Gasteiger partial charge >= 0.3 is 0 Å². The van der Waals surface area contributed by atoms with Gasteiger partial charge in [0.2, 0.25) is 0 Å². The summed E-state index contributed by atoms with van der Waals surface area (Å²) in [4.78, 5) is 0. The third kappa shape index (κ3) is 4.46. The Balaban J connectivity index is 1.60. The summed E-state index contributed by atoms with van der Waals surface area (Å²) in [5.74, 6) is 1.31. The van der Waals surface area contributed by atoms with Crippen LogP contribution in [0, 0.1) is 0 Å². The summed E-state index contributed by atoms with van der Waals surface area (Å²) in [6.07, 6.45) is 8.66. The Kier molecular flexibility index (Phi) is 6.42. The first-order valence-electron chi connectivity index (χ1n) is 10.8. The highest BCUT2D eigenvalue weighted by Gasteiger charge is 2.22. The van der Waals surface area contributed by atoms with Gasteiger partial charge in [-0.3, -0.25) is 4.68 Å². The Bertz CT molecular complexity index is 1180. The van der Waals surface area contributed by atoms with Gasteiger partial charge in [-0.2, -0.15) is 5.10 Å². The van der Waals surface area contributed by atoms with Gasteiger partial charge in [0.05, 0.1) is 24.4 Å². The van der Waals surface area contributed by atoms with E-state index in [-0.39, 0.29) is 24.0 Å². The van der Waals surface area contributed by atoms with E-state index < -0.39 is 0 Å². The molecule has 0 amide bonds. The van der Waals surface area contributed by atoms with Crippen molar-refractivity contribution in [3.8, 4) is 11.5 Å². The molecule has 1 unspecified atom stereocenters. The van der Waals surface area contributed by atoms with Gasteiger partial charge < -0.3 is 15.2 Å². The molecule has 3 aromatic rings. The van der Waals surface area contributed by atoms with E-state index in [0.717, 1.165) is 28.6 Å². The average Bonchev–Trinajstić information content (AvgIpc) is 3.43. The first kappa shape index (κ1) is 21.8. The molecule has 0 bridgehead atoms. The van der Waals surface area contributed by atoms with Crippen molar-refractivity contribution < 1.29 is 13.9 Å². The second-order valence-corrected chi connectivity index (χ2v) is 7.93. The molecule has 0 fully saturated rings. The minimum absolute atomic E-state index is 0.218. The molecule has 2 heterocycles. The van der Waals surface area contributed by atoms with Crippen LogP contribution in [0.4, 0.5) is 4.39 Å². The summed E-state index contributed by atoms with van der Waals surface area (Å²) in [6.45, 7) is 8.16. The summed E-state index contributed by atoms with van der Waals surface area (Å²) in [5.41, 5.74) is 9.37. The van der Waals surface area contributed by atoms with E-state index in [1.807, 2.05) is 31.2 Å². The standard InChI is InChI=1S/C26H28FN3O2/c1-4-21(27)8-9-22(5-2)30-24-11-10-23(14-20(24)16-29-30)32-26(17(3)28)19-7-6-18-12-13-31-25(18)15-19/h4-11,14-17,22,26H,2,12-13,28H2,1,3H3/b9-8-,21-4+/t17-,22?,26-/m0/s1. The molecular weight excluding hydrogens is 405 g/mol. The summed E-state index contributed by atoms with van der Waals surface area (Å²) in [6, 6.07) is 11.5. The van der Waals surface area contributed by atoms with Crippen molar-refractivity contribution >= 4 is 10.9 Å². The number of fused-ring (bicyclic) bond motifs is 2. The molecule has 1 aromatic heterocycles. The molecular formula is C26H28FN3O2. The molecule has 0 radical (unpaired) electrons. The van der Waals surface area contributed by atoms with Gasteiger partial charge in [0.15, 0.2) is 0 Å². The van der Waals surface area contributed by atoms with Crippen molar-refractivity contribution in [3.05, 3.63) is 90.4 Å². The lowest BCUT2D eigenvalue weighted by molar-refractivity contribution is 0.180. The monoisotopic (exact) mass is 433 g/mol. The lowest BCUT2D eigenvalue weighted by Gasteiger charge is -2.23. The quantitative estimate of drug-likeness (QED) is 0.371.